The van der Waals surface area contributed by atoms with Gasteiger partial charge in [0.25, 0.3) is 5.95 Å². The number of hydrogen-bond donors (Lipinski definition) is 5. The molecule has 3 aromatic rings. The number of anilines is 1. The molecule has 0 radical (unpaired) electrons. The molecule has 67 heavy (non-hydrogen) atoms. The van der Waals surface area contributed by atoms with Crippen LogP contribution in [0.1, 0.15) is 155 Å². The number of rotatable bonds is 15. The Morgan fingerprint density at radius 1 is 1.00 bits per heavy atom. The molecule has 1 saturated heterocycles. The normalized spacial score (nSPS) is 18.8. The van der Waals surface area contributed by atoms with Gasteiger partial charge in [0.2, 0.25) is 11.6 Å². The molecule has 2 aliphatic carbocycles. The van der Waals surface area contributed by atoms with Crippen molar-refractivity contribution in [2.45, 2.75) is 166 Å². The number of halogens is 3. The average molecular weight is 936 g/mol. The number of aryl methyl sites for hydroxylation is 2. The number of hydrogen-bond acceptors (Lipinski definition) is 9. The molecule has 14 heteroatoms. The maximum Gasteiger partial charge on any atom is 0.398 e. The van der Waals surface area contributed by atoms with Crippen LogP contribution in [0.2, 0.25) is 0 Å². The molecule has 5 N–H and O–H groups in total. The molecule has 370 valence electrons. The van der Waals surface area contributed by atoms with Crippen LogP contribution in [-0.2, 0) is 0 Å². The molecule has 1 aromatic heterocycles. The van der Waals surface area contributed by atoms with Gasteiger partial charge in [0.05, 0.1) is 27.3 Å². The number of aliphatic imine (C=N–C) groups is 1. The van der Waals surface area contributed by atoms with Crippen LogP contribution in [0.5, 0.6) is 5.88 Å². The summed E-state index contributed by atoms with van der Waals surface area (Å²) >= 11 is 0. The third-order valence-corrected chi connectivity index (χ3v) is 12.2. The van der Waals surface area contributed by atoms with Gasteiger partial charge in [0.15, 0.2) is 0 Å². The monoisotopic (exact) mass is 936 g/mol. The first kappa shape index (κ1) is 56.4. The fraction of sp³-hybridized carbons (Fsp3) is 0.547. The van der Waals surface area contributed by atoms with Crippen LogP contribution in [0, 0.1) is 31.1 Å². The van der Waals surface area contributed by atoms with Crippen molar-refractivity contribution in [1.29, 1.82) is 0 Å². The fourth-order valence-corrected chi connectivity index (χ4v) is 7.37. The van der Waals surface area contributed by atoms with E-state index < -0.39 is 22.5 Å². The summed E-state index contributed by atoms with van der Waals surface area (Å²) in [6.45, 7) is 24.3. The van der Waals surface area contributed by atoms with Crippen LogP contribution in [0.4, 0.5) is 24.8 Å². The quantitative estimate of drug-likeness (QED) is 0.0434. The minimum Gasteiger partial charge on any atom is -0.478 e. The summed E-state index contributed by atoms with van der Waals surface area (Å²) < 4.78 is 48.0. The maximum absolute atomic E-state index is 13.9. The number of aromatic nitrogens is 2. The Labute approximate surface area is 397 Å². The number of carboxylic acids is 1. The Kier molecular flexibility index (Phi) is 21.9. The molecular formula is C53H78F3N6O5+. The Morgan fingerprint density at radius 2 is 1.60 bits per heavy atom. The first-order valence-electron chi connectivity index (χ1n) is 24.1. The summed E-state index contributed by atoms with van der Waals surface area (Å²) in [6, 6.07) is 12.4. The molecule has 0 spiro atoms. The van der Waals surface area contributed by atoms with Crippen LogP contribution in [-0.4, -0.2) is 62.0 Å². The number of aromatic carboxylic acids is 1. The van der Waals surface area contributed by atoms with Gasteiger partial charge in [-0.3, -0.25) is 4.99 Å². The summed E-state index contributed by atoms with van der Waals surface area (Å²) in [5.41, 5.74) is 6.00. The van der Waals surface area contributed by atoms with E-state index in [1.165, 1.54) is 37.5 Å². The number of alkyl halides is 3. The molecule has 2 atom stereocenters. The summed E-state index contributed by atoms with van der Waals surface area (Å²) in [5.74, 6) is 0.729. The molecular weight excluding hydrogens is 858 g/mol. The summed E-state index contributed by atoms with van der Waals surface area (Å²) in [5, 5.41) is 35.1. The number of nitrogens with one attached hydrogen (secondary N) is 2. The summed E-state index contributed by atoms with van der Waals surface area (Å²) in [4.78, 5) is 23.7. The van der Waals surface area contributed by atoms with Crippen molar-refractivity contribution in [1.82, 2.24) is 20.2 Å². The van der Waals surface area contributed by atoms with Crippen molar-refractivity contribution in [2.24, 2.45) is 22.2 Å². The van der Waals surface area contributed by atoms with Crippen LogP contribution >= 0.6 is 0 Å². The lowest BCUT2D eigenvalue weighted by Crippen LogP contribution is -2.48. The van der Waals surface area contributed by atoms with Gasteiger partial charge in [0.1, 0.15) is 6.61 Å². The van der Waals surface area contributed by atoms with E-state index in [2.05, 4.69) is 48.4 Å². The zero-order valence-electron chi connectivity index (χ0n) is 42.0. The third-order valence-electron chi connectivity index (χ3n) is 12.2. The van der Waals surface area contributed by atoms with Crippen molar-refractivity contribution in [3.63, 3.8) is 0 Å². The van der Waals surface area contributed by atoms with Crippen LogP contribution < -0.4 is 20.4 Å². The van der Waals surface area contributed by atoms with Crippen molar-refractivity contribution < 1.29 is 38.2 Å². The highest BCUT2D eigenvalue weighted by Gasteiger charge is 2.64. The van der Waals surface area contributed by atoms with E-state index >= 15 is 0 Å². The number of carbonyl (C=O) groups is 1. The Hall–Kier alpha value is -4.89. The highest BCUT2D eigenvalue weighted by atomic mass is 19.4. The van der Waals surface area contributed by atoms with Crippen LogP contribution in [0.3, 0.4) is 0 Å². The highest BCUT2D eigenvalue weighted by molar-refractivity contribution is 6.01. The standard InChI is InChI=1S/C42H51F3N6O5.C5H12.C4H8.C2H6/c1-7-13-30(22-28(5)41(20-21-41)42(43,44)45)29(6)46-34(8-2)35-19-10-9-17-32(47-35)25-56-37-24-36(38-26(3)14-11-15-27(38)4)48-40(49-37)50-51(54,55)33-18-12-16-31(23-33)39(52)53;1-4-5(2)3;1-4-2-3-4;1-2/h8,11-16,18,22-24,32,35,47,54-55H,7,9-10,17,19-21,25H2,1-6H3,(H-,48,49,50,52,53);5H,4H2,1-3H3;4H,2-3H2,1H3;1-2H3/p+1/b28-22+,30-13-,34-8-,46-29-;;;. The van der Waals surface area contributed by atoms with E-state index in [0.29, 0.717) is 29.0 Å². The molecule has 3 aliphatic rings. The second-order valence-electron chi connectivity index (χ2n) is 18.1. The molecule has 2 aromatic carbocycles. The minimum atomic E-state index is -4.28. The number of carboxylic acid groups (broad SMARTS) is 1. The third kappa shape index (κ3) is 17.0. The lowest BCUT2D eigenvalue weighted by molar-refractivity contribution is -0.273. The van der Waals surface area contributed by atoms with Crippen LogP contribution in [0.15, 0.2) is 88.6 Å². The lowest BCUT2D eigenvalue weighted by Gasteiger charge is -2.24. The van der Waals surface area contributed by atoms with Crippen molar-refractivity contribution in [2.75, 3.05) is 12.0 Å². The SMILES string of the molecule is CC.CC1CC1.CCC(C)C.C\C=C(/N=C(C)\C(=C/CC)\C=C(/C)C1(C(F)(F)F)CC1)C1CCCCC(COc2cc(-c3c(C)cccc3C)nc(N[N+](O)(O)c3cccc(C(=O)O)c3)n2)N1. The zero-order valence-corrected chi connectivity index (χ0v) is 42.0. The molecule has 2 unspecified atom stereocenters. The van der Waals surface area contributed by atoms with Gasteiger partial charge in [-0.05, 0) is 101 Å². The molecule has 6 rings (SSSR count). The molecule has 1 aliphatic heterocycles. The predicted molar refractivity (Wildman–Crippen MR) is 266 cm³/mol. The molecule has 3 fully saturated rings. The van der Waals surface area contributed by atoms with Crippen molar-refractivity contribution in [3.05, 3.63) is 100 Å². The van der Waals surface area contributed by atoms with Gasteiger partial charge in [-0.2, -0.15) is 18.2 Å². The largest absolute Gasteiger partial charge is 0.478 e. The van der Waals surface area contributed by atoms with Gasteiger partial charge in [-0.1, -0.05) is 129 Å². The molecule has 2 saturated carbocycles. The molecule has 0 amide bonds. The Bertz CT molecular complexity index is 2170. The molecule has 2 heterocycles. The van der Waals surface area contributed by atoms with Gasteiger partial charge in [-0.15, -0.1) is 15.8 Å². The molecule has 11 nitrogen and oxygen atoms in total. The van der Waals surface area contributed by atoms with Crippen molar-refractivity contribution >= 4 is 23.3 Å². The smallest absolute Gasteiger partial charge is 0.398 e. The van der Waals surface area contributed by atoms with E-state index in [4.69, 9.17) is 9.73 Å². The average Bonchev–Trinajstić information content (AvgIpc) is 4.22. The Morgan fingerprint density at radius 3 is 2.12 bits per heavy atom. The highest BCUT2D eigenvalue weighted by Crippen LogP contribution is 2.62. The van der Waals surface area contributed by atoms with E-state index in [1.807, 2.05) is 78.8 Å². The number of benzene rings is 2. The Balaban J connectivity index is 0.000000966. The topological polar surface area (TPSA) is 149 Å². The second kappa shape index (κ2) is 26.0. The zero-order chi connectivity index (χ0) is 50.1. The van der Waals surface area contributed by atoms with E-state index in [-0.39, 0.29) is 54.6 Å². The number of quaternary nitrogens is 1. The first-order valence-corrected chi connectivity index (χ1v) is 24.1. The predicted octanol–water partition coefficient (Wildman–Crippen LogP) is 14.3. The van der Waals surface area contributed by atoms with Crippen LogP contribution in [0.25, 0.3) is 11.3 Å². The number of allylic oxidation sites excluding steroid dienone is 5. The summed E-state index contributed by atoms with van der Waals surface area (Å²) in [6.07, 6.45) is 9.81. The van der Waals surface area contributed by atoms with Gasteiger partial charge >= 0.3 is 12.1 Å². The first-order chi connectivity index (χ1) is 31.6. The second-order valence-corrected chi connectivity index (χ2v) is 18.1. The molecule has 0 bridgehead atoms. The van der Waals surface area contributed by atoms with Gasteiger partial charge in [0, 0.05) is 41.6 Å². The van der Waals surface area contributed by atoms with E-state index in [0.717, 1.165) is 66.0 Å². The van der Waals surface area contributed by atoms with E-state index in [1.54, 1.807) is 19.1 Å². The maximum atomic E-state index is 13.9. The number of nitrogens with zero attached hydrogens (tertiary/aromatic N) is 4. The van der Waals surface area contributed by atoms with Crippen molar-refractivity contribution in [3.8, 4) is 17.1 Å². The summed E-state index contributed by atoms with van der Waals surface area (Å²) in [7, 11) is 0. The van der Waals surface area contributed by atoms with Gasteiger partial charge in [-0.25, -0.2) is 9.78 Å². The minimum absolute atomic E-state index is 0.107. The lowest BCUT2D eigenvalue weighted by atomic mass is 9.93. The fourth-order valence-electron chi connectivity index (χ4n) is 7.37. The van der Waals surface area contributed by atoms with E-state index in [9.17, 15) is 33.5 Å². The van der Waals surface area contributed by atoms with Gasteiger partial charge < -0.3 is 15.2 Å². The number of ether oxygens (including phenoxy) is 1.